The highest BCUT2D eigenvalue weighted by Crippen LogP contribution is 2.25. The second-order valence-corrected chi connectivity index (χ2v) is 8.57. The van der Waals surface area contributed by atoms with Crippen LogP contribution in [0.1, 0.15) is 26.5 Å². The molecule has 2 N–H and O–H groups in total. The number of amides is 2. The van der Waals surface area contributed by atoms with E-state index in [0.717, 1.165) is 4.31 Å². The number of furan rings is 1. The van der Waals surface area contributed by atoms with Crippen molar-refractivity contribution in [2.24, 2.45) is 0 Å². The molecule has 152 valence electrons. The van der Waals surface area contributed by atoms with Crippen molar-refractivity contribution in [1.82, 2.24) is 15.2 Å². The molecular weight excluding hydrogens is 401 g/mol. The molecule has 2 aromatic carbocycles. The molecule has 8 nitrogen and oxygen atoms in total. The zero-order valence-corrected chi connectivity index (χ0v) is 16.6. The summed E-state index contributed by atoms with van der Waals surface area (Å²) >= 11 is 0. The van der Waals surface area contributed by atoms with Crippen molar-refractivity contribution < 1.29 is 26.8 Å². The van der Waals surface area contributed by atoms with Crippen LogP contribution in [0.5, 0.6) is 0 Å². The van der Waals surface area contributed by atoms with E-state index < -0.39 is 27.7 Å². The van der Waals surface area contributed by atoms with Gasteiger partial charge in [-0.2, -0.15) is 0 Å². The first-order chi connectivity index (χ1) is 13.6. The van der Waals surface area contributed by atoms with Crippen LogP contribution in [0, 0.1) is 12.7 Å². The maximum absolute atomic E-state index is 13.4. The molecule has 29 heavy (non-hydrogen) atoms. The number of rotatable bonds is 4. The zero-order chi connectivity index (χ0) is 21.3. The Morgan fingerprint density at radius 1 is 1.03 bits per heavy atom. The van der Waals surface area contributed by atoms with Crippen molar-refractivity contribution in [3.63, 3.8) is 0 Å². The van der Waals surface area contributed by atoms with Gasteiger partial charge in [0.2, 0.25) is 10.0 Å². The van der Waals surface area contributed by atoms with Gasteiger partial charge in [0.05, 0.1) is 4.90 Å². The number of halogens is 1. The third-order valence-electron chi connectivity index (χ3n) is 4.27. The minimum atomic E-state index is -3.71. The molecule has 0 fully saturated rings. The molecule has 0 bridgehead atoms. The Bertz CT molecular complexity index is 1220. The van der Waals surface area contributed by atoms with Gasteiger partial charge >= 0.3 is 5.91 Å². The fourth-order valence-electron chi connectivity index (χ4n) is 2.66. The summed E-state index contributed by atoms with van der Waals surface area (Å²) in [6.07, 6.45) is 0. The highest BCUT2D eigenvalue weighted by molar-refractivity contribution is 7.89. The summed E-state index contributed by atoms with van der Waals surface area (Å²) in [5.74, 6) is -1.98. The Morgan fingerprint density at radius 2 is 1.72 bits per heavy atom. The Labute approximate surface area is 166 Å². The molecule has 0 aliphatic carbocycles. The summed E-state index contributed by atoms with van der Waals surface area (Å²) < 4.78 is 44.2. The molecule has 0 aliphatic heterocycles. The van der Waals surface area contributed by atoms with Gasteiger partial charge in [0.1, 0.15) is 11.4 Å². The predicted octanol–water partition coefficient (Wildman–Crippen LogP) is 2.21. The van der Waals surface area contributed by atoms with E-state index in [4.69, 9.17) is 4.42 Å². The van der Waals surface area contributed by atoms with Gasteiger partial charge in [-0.1, -0.05) is 6.07 Å². The van der Waals surface area contributed by atoms with E-state index in [0.29, 0.717) is 16.5 Å². The Morgan fingerprint density at radius 3 is 2.41 bits per heavy atom. The van der Waals surface area contributed by atoms with Crippen LogP contribution in [0.2, 0.25) is 0 Å². The molecular formula is C19H18FN3O5S. The summed E-state index contributed by atoms with van der Waals surface area (Å²) in [4.78, 5) is 24.6. The first kappa shape index (κ1) is 20.5. The highest BCUT2D eigenvalue weighted by atomic mass is 32.2. The van der Waals surface area contributed by atoms with E-state index in [9.17, 15) is 22.4 Å². The number of hydrazine groups is 1. The number of carbonyl (C=O) groups is 2. The van der Waals surface area contributed by atoms with Crippen LogP contribution in [-0.2, 0) is 10.0 Å². The van der Waals surface area contributed by atoms with Crippen LogP contribution in [0.3, 0.4) is 0 Å². The molecule has 0 aliphatic rings. The van der Waals surface area contributed by atoms with Crippen LogP contribution in [0.15, 0.2) is 51.8 Å². The number of aryl methyl sites for hydroxylation is 1. The number of hydrogen-bond acceptors (Lipinski definition) is 5. The molecule has 3 rings (SSSR count). The molecule has 2 amide bonds. The lowest BCUT2D eigenvalue weighted by Gasteiger charge is -2.12. The van der Waals surface area contributed by atoms with Crippen molar-refractivity contribution in [2.45, 2.75) is 11.8 Å². The molecule has 1 heterocycles. The lowest BCUT2D eigenvalue weighted by Crippen LogP contribution is -2.41. The first-order valence-corrected chi connectivity index (χ1v) is 9.87. The number of nitrogens with one attached hydrogen (secondary N) is 2. The van der Waals surface area contributed by atoms with Gasteiger partial charge in [0, 0.05) is 30.6 Å². The number of sulfonamides is 1. The summed E-state index contributed by atoms with van der Waals surface area (Å²) in [5.41, 5.74) is 5.21. The smallest absolute Gasteiger partial charge is 0.305 e. The maximum atomic E-state index is 13.4. The molecule has 10 heteroatoms. The molecule has 0 radical (unpaired) electrons. The molecule has 1 aromatic heterocycles. The van der Waals surface area contributed by atoms with Gasteiger partial charge in [-0.05, 0) is 43.3 Å². The van der Waals surface area contributed by atoms with E-state index in [1.54, 1.807) is 6.92 Å². The van der Waals surface area contributed by atoms with Crippen molar-refractivity contribution in [1.29, 1.82) is 0 Å². The molecule has 0 unspecified atom stereocenters. The average molecular weight is 419 g/mol. The Hall–Kier alpha value is -3.24. The minimum Gasteiger partial charge on any atom is -0.451 e. The minimum absolute atomic E-state index is 0.0385. The van der Waals surface area contributed by atoms with E-state index in [-0.39, 0.29) is 16.2 Å². The topological polar surface area (TPSA) is 109 Å². The number of benzene rings is 2. The van der Waals surface area contributed by atoms with Crippen LogP contribution in [0.4, 0.5) is 4.39 Å². The van der Waals surface area contributed by atoms with Crippen LogP contribution in [-0.4, -0.2) is 38.6 Å². The van der Waals surface area contributed by atoms with Gasteiger partial charge in [0.25, 0.3) is 5.91 Å². The monoisotopic (exact) mass is 419 g/mol. The predicted molar refractivity (Wildman–Crippen MR) is 103 cm³/mol. The second kappa shape index (κ2) is 7.64. The average Bonchev–Trinajstić information content (AvgIpc) is 3.02. The number of nitrogens with zero attached hydrogens (tertiary/aromatic N) is 1. The van der Waals surface area contributed by atoms with Gasteiger partial charge in [-0.25, -0.2) is 17.1 Å². The van der Waals surface area contributed by atoms with E-state index in [1.165, 1.54) is 56.6 Å². The number of carbonyl (C=O) groups excluding carboxylic acids is 2. The van der Waals surface area contributed by atoms with Gasteiger partial charge in [-0.15, -0.1) is 0 Å². The van der Waals surface area contributed by atoms with Gasteiger partial charge in [0.15, 0.2) is 5.76 Å². The molecule has 0 atom stereocenters. The number of hydrogen-bond donors (Lipinski definition) is 2. The van der Waals surface area contributed by atoms with Crippen LogP contribution < -0.4 is 10.9 Å². The fourth-order valence-corrected chi connectivity index (χ4v) is 3.61. The van der Waals surface area contributed by atoms with E-state index in [1.807, 2.05) is 0 Å². The van der Waals surface area contributed by atoms with Gasteiger partial charge in [-0.3, -0.25) is 20.4 Å². The molecule has 0 saturated heterocycles. The molecule has 0 spiro atoms. The standard InChI is InChI=1S/C19H18FN3O5S/c1-11-15-10-13(20)7-8-16(15)28-17(11)19(25)22-21-18(24)12-5-4-6-14(9-12)29(26,27)23(2)3/h4-10H,1-3H3,(H,21,24)(H,22,25). The lowest BCUT2D eigenvalue weighted by molar-refractivity contribution is 0.0831. The Kier molecular flexibility index (Phi) is 5.40. The zero-order valence-electron chi connectivity index (χ0n) is 15.8. The highest BCUT2D eigenvalue weighted by Gasteiger charge is 2.21. The normalized spacial score (nSPS) is 11.6. The van der Waals surface area contributed by atoms with Crippen LogP contribution in [0.25, 0.3) is 11.0 Å². The van der Waals surface area contributed by atoms with Crippen LogP contribution >= 0.6 is 0 Å². The quantitative estimate of drug-likeness (QED) is 0.631. The summed E-state index contributed by atoms with van der Waals surface area (Å²) in [6.45, 7) is 1.59. The fraction of sp³-hybridized carbons (Fsp3) is 0.158. The van der Waals surface area contributed by atoms with Crippen molar-refractivity contribution in [3.05, 3.63) is 65.2 Å². The van der Waals surface area contributed by atoms with Crippen molar-refractivity contribution in [2.75, 3.05) is 14.1 Å². The molecule has 0 saturated carbocycles. The third-order valence-corrected chi connectivity index (χ3v) is 6.08. The number of fused-ring (bicyclic) bond motifs is 1. The summed E-state index contributed by atoms with van der Waals surface area (Å²) in [6, 6.07) is 9.26. The first-order valence-electron chi connectivity index (χ1n) is 8.43. The van der Waals surface area contributed by atoms with Gasteiger partial charge < -0.3 is 4.42 Å². The lowest BCUT2D eigenvalue weighted by atomic mass is 10.1. The van der Waals surface area contributed by atoms with Crippen molar-refractivity contribution >= 4 is 32.8 Å². The SMILES string of the molecule is Cc1c(C(=O)NNC(=O)c2cccc(S(=O)(=O)N(C)C)c2)oc2ccc(F)cc12. The molecule has 3 aromatic rings. The summed E-state index contributed by atoms with van der Waals surface area (Å²) in [5, 5.41) is 0.447. The summed E-state index contributed by atoms with van der Waals surface area (Å²) in [7, 11) is -0.953. The largest absolute Gasteiger partial charge is 0.451 e. The van der Waals surface area contributed by atoms with Crippen molar-refractivity contribution in [3.8, 4) is 0 Å². The maximum Gasteiger partial charge on any atom is 0.305 e. The Balaban J connectivity index is 1.76. The second-order valence-electron chi connectivity index (χ2n) is 6.42. The van der Waals surface area contributed by atoms with E-state index >= 15 is 0 Å². The third kappa shape index (κ3) is 3.98. The van der Waals surface area contributed by atoms with E-state index in [2.05, 4.69) is 10.9 Å².